The molecule has 0 aromatic carbocycles. The summed E-state index contributed by atoms with van der Waals surface area (Å²) in [5.74, 6) is 1.58. The minimum absolute atomic E-state index is 0.225. The molecular formula is C14H20N4O2S. The molecule has 2 rings (SSSR count). The summed E-state index contributed by atoms with van der Waals surface area (Å²) in [6.07, 6.45) is 0. The van der Waals surface area contributed by atoms with Crippen molar-refractivity contribution >= 4 is 28.2 Å². The highest BCUT2D eigenvalue weighted by Crippen LogP contribution is 2.27. The molecule has 21 heavy (non-hydrogen) atoms. The van der Waals surface area contributed by atoms with Crippen LogP contribution in [0, 0.1) is 6.92 Å². The lowest BCUT2D eigenvalue weighted by Gasteiger charge is -2.16. The van der Waals surface area contributed by atoms with Crippen molar-refractivity contribution in [3.63, 3.8) is 0 Å². The van der Waals surface area contributed by atoms with Gasteiger partial charge in [-0.1, -0.05) is 11.3 Å². The SMILES string of the molecule is CCN(CC)c1nc(N)c(C(=O)NCc2ccc(C)o2)s1. The highest BCUT2D eigenvalue weighted by molar-refractivity contribution is 7.18. The summed E-state index contributed by atoms with van der Waals surface area (Å²) < 4.78 is 5.41. The first-order valence-electron chi connectivity index (χ1n) is 6.89. The quantitative estimate of drug-likeness (QED) is 0.856. The van der Waals surface area contributed by atoms with Gasteiger partial charge in [-0.15, -0.1) is 0 Å². The number of nitrogens with zero attached hydrogens (tertiary/aromatic N) is 2. The van der Waals surface area contributed by atoms with Gasteiger partial charge in [0.15, 0.2) is 5.13 Å². The van der Waals surface area contributed by atoms with Crippen molar-refractivity contribution in [2.24, 2.45) is 0 Å². The molecule has 0 aliphatic carbocycles. The number of amides is 1. The summed E-state index contributed by atoms with van der Waals surface area (Å²) >= 11 is 1.31. The first-order valence-corrected chi connectivity index (χ1v) is 7.71. The van der Waals surface area contributed by atoms with Crippen LogP contribution in [-0.2, 0) is 6.54 Å². The molecular weight excluding hydrogens is 288 g/mol. The number of rotatable bonds is 6. The minimum atomic E-state index is -0.225. The van der Waals surface area contributed by atoms with Gasteiger partial charge >= 0.3 is 0 Å². The van der Waals surface area contributed by atoms with Gasteiger partial charge in [0.05, 0.1) is 6.54 Å². The number of hydrogen-bond donors (Lipinski definition) is 2. The Labute approximate surface area is 128 Å². The number of nitrogen functional groups attached to an aromatic ring is 1. The van der Waals surface area contributed by atoms with Gasteiger partial charge in [0.25, 0.3) is 5.91 Å². The van der Waals surface area contributed by atoms with Gasteiger partial charge in [-0.2, -0.15) is 0 Å². The molecule has 0 spiro atoms. The molecule has 0 saturated heterocycles. The molecule has 2 aromatic heterocycles. The third-order valence-corrected chi connectivity index (χ3v) is 4.23. The third-order valence-electron chi connectivity index (χ3n) is 3.10. The maximum Gasteiger partial charge on any atom is 0.265 e. The number of furan rings is 1. The van der Waals surface area contributed by atoms with Crippen LogP contribution in [-0.4, -0.2) is 24.0 Å². The van der Waals surface area contributed by atoms with Crippen molar-refractivity contribution in [2.45, 2.75) is 27.3 Å². The van der Waals surface area contributed by atoms with Gasteiger partial charge in [-0.3, -0.25) is 4.79 Å². The summed E-state index contributed by atoms with van der Waals surface area (Å²) in [5.41, 5.74) is 5.85. The molecule has 3 N–H and O–H groups in total. The van der Waals surface area contributed by atoms with Gasteiger partial charge in [-0.05, 0) is 32.9 Å². The van der Waals surface area contributed by atoms with Gasteiger partial charge in [0.1, 0.15) is 22.2 Å². The molecule has 0 fully saturated rings. The molecule has 0 saturated carbocycles. The van der Waals surface area contributed by atoms with Crippen LogP contribution in [0.3, 0.4) is 0 Å². The van der Waals surface area contributed by atoms with Crippen molar-refractivity contribution in [1.82, 2.24) is 10.3 Å². The minimum Gasteiger partial charge on any atom is -0.465 e. The second kappa shape index (κ2) is 6.62. The molecule has 6 nitrogen and oxygen atoms in total. The molecule has 0 radical (unpaired) electrons. The van der Waals surface area contributed by atoms with Crippen LogP contribution in [0.4, 0.5) is 10.9 Å². The smallest absolute Gasteiger partial charge is 0.265 e. The molecule has 0 atom stereocenters. The Morgan fingerprint density at radius 1 is 1.43 bits per heavy atom. The molecule has 2 aromatic rings. The van der Waals surface area contributed by atoms with Crippen molar-refractivity contribution in [3.05, 3.63) is 28.5 Å². The largest absolute Gasteiger partial charge is 0.465 e. The van der Waals surface area contributed by atoms with E-state index in [0.29, 0.717) is 17.2 Å². The average molecular weight is 308 g/mol. The topological polar surface area (TPSA) is 84.4 Å². The lowest BCUT2D eigenvalue weighted by atomic mass is 10.4. The van der Waals surface area contributed by atoms with E-state index in [9.17, 15) is 4.79 Å². The molecule has 114 valence electrons. The van der Waals surface area contributed by atoms with Crippen molar-refractivity contribution in [3.8, 4) is 0 Å². The van der Waals surface area contributed by atoms with Crippen molar-refractivity contribution in [2.75, 3.05) is 23.7 Å². The Bertz CT molecular complexity index is 616. The van der Waals surface area contributed by atoms with Crippen LogP contribution in [0.25, 0.3) is 0 Å². The standard InChI is InChI=1S/C14H20N4O2S/c1-4-18(5-2)14-17-12(15)11(21-14)13(19)16-8-10-7-6-9(3)20-10/h6-7H,4-5,8,15H2,1-3H3,(H,16,19). The molecule has 0 aliphatic heterocycles. The molecule has 0 aliphatic rings. The molecule has 0 bridgehead atoms. The first-order chi connectivity index (χ1) is 10.0. The maximum atomic E-state index is 12.2. The van der Waals surface area contributed by atoms with Crippen LogP contribution < -0.4 is 16.0 Å². The summed E-state index contributed by atoms with van der Waals surface area (Å²) in [4.78, 5) is 19.0. The number of thiazole rings is 1. The number of carbonyl (C=O) groups is 1. The van der Waals surface area contributed by atoms with Crippen LogP contribution in [0.15, 0.2) is 16.5 Å². The fourth-order valence-electron chi connectivity index (χ4n) is 1.94. The number of aromatic nitrogens is 1. The Morgan fingerprint density at radius 3 is 2.71 bits per heavy atom. The van der Waals surface area contributed by atoms with Gasteiger partial charge in [0.2, 0.25) is 0 Å². The highest BCUT2D eigenvalue weighted by Gasteiger charge is 2.18. The highest BCUT2D eigenvalue weighted by atomic mass is 32.1. The van der Waals surface area contributed by atoms with E-state index in [1.807, 2.05) is 32.9 Å². The summed E-state index contributed by atoms with van der Waals surface area (Å²) in [7, 11) is 0. The predicted octanol–water partition coefficient (Wildman–Crippen LogP) is 2.40. The second-order valence-electron chi connectivity index (χ2n) is 4.58. The van der Waals surface area contributed by atoms with E-state index < -0.39 is 0 Å². The van der Waals surface area contributed by atoms with E-state index in [1.54, 1.807) is 0 Å². The van der Waals surface area contributed by atoms with E-state index in [0.717, 1.165) is 24.0 Å². The van der Waals surface area contributed by atoms with Crippen LogP contribution in [0.1, 0.15) is 35.0 Å². The zero-order valence-corrected chi connectivity index (χ0v) is 13.3. The van der Waals surface area contributed by atoms with Crippen molar-refractivity contribution in [1.29, 1.82) is 0 Å². The Hall–Kier alpha value is -2.02. The van der Waals surface area contributed by atoms with Gasteiger partial charge in [0, 0.05) is 13.1 Å². The number of nitrogens with one attached hydrogen (secondary N) is 1. The summed E-state index contributed by atoms with van der Waals surface area (Å²) in [5, 5.41) is 3.57. The van der Waals surface area contributed by atoms with E-state index in [-0.39, 0.29) is 11.7 Å². The van der Waals surface area contributed by atoms with E-state index >= 15 is 0 Å². The normalized spacial score (nSPS) is 10.6. The van der Waals surface area contributed by atoms with E-state index in [4.69, 9.17) is 10.2 Å². The number of nitrogens with two attached hydrogens (primary N) is 1. The molecule has 2 heterocycles. The fourth-order valence-corrected chi connectivity index (χ4v) is 2.97. The zero-order valence-electron chi connectivity index (χ0n) is 12.5. The fraction of sp³-hybridized carbons (Fsp3) is 0.429. The first kappa shape index (κ1) is 15.4. The van der Waals surface area contributed by atoms with Crippen molar-refractivity contribution < 1.29 is 9.21 Å². The van der Waals surface area contributed by atoms with Gasteiger partial charge in [-0.25, -0.2) is 4.98 Å². The predicted molar refractivity (Wildman–Crippen MR) is 84.7 cm³/mol. The number of aryl methyl sites for hydroxylation is 1. The van der Waals surface area contributed by atoms with E-state index in [1.165, 1.54) is 11.3 Å². The number of carbonyl (C=O) groups excluding carboxylic acids is 1. The lowest BCUT2D eigenvalue weighted by Crippen LogP contribution is -2.22. The summed E-state index contributed by atoms with van der Waals surface area (Å²) in [6, 6.07) is 3.70. The van der Waals surface area contributed by atoms with Crippen LogP contribution in [0.2, 0.25) is 0 Å². The molecule has 1 amide bonds. The monoisotopic (exact) mass is 308 g/mol. The molecule has 7 heteroatoms. The number of anilines is 2. The van der Waals surface area contributed by atoms with E-state index in [2.05, 4.69) is 15.2 Å². The maximum absolute atomic E-state index is 12.2. The number of hydrogen-bond acceptors (Lipinski definition) is 6. The van der Waals surface area contributed by atoms with Crippen LogP contribution >= 0.6 is 11.3 Å². The Kier molecular flexibility index (Phi) is 4.85. The zero-order chi connectivity index (χ0) is 15.4. The Balaban J connectivity index is 2.05. The third kappa shape index (κ3) is 3.55. The second-order valence-corrected chi connectivity index (χ2v) is 5.56. The summed E-state index contributed by atoms with van der Waals surface area (Å²) in [6.45, 7) is 7.94. The average Bonchev–Trinajstić information content (AvgIpc) is 3.04. The van der Waals surface area contributed by atoms with Gasteiger partial charge < -0.3 is 20.4 Å². The lowest BCUT2D eigenvalue weighted by molar-refractivity contribution is 0.0952. The Morgan fingerprint density at radius 2 is 2.14 bits per heavy atom. The molecule has 0 unspecified atom stereocenters. The van der Waals surface area contributed by atoms with Crippen LogP contribution in [0.5, 0.6) is 0 Å².